The van der Waals surface area contributed by atoms with E-state index in [9.17, 15) is 0 Å². The topological polar surface area (TPSA) is 28.2 Å². The number of hydrogen-bond donors (Lipinski definition) is 1. The molecular formula is C13H20BrN3. The third-order valence-corrected chi connectivity index (χ3v) is 3.68. The summed E-state index contributed by atoms with van der Waals surface area (Å²) in [5.74, 6) is 0.803. The number of nitrogens with zero attached hydrogens (tertiary/aromatic N) is 2. The van der Waals surface area contributed by atoms with Crippen LogP contribution in [0.1, 0.15) is 18.4 Å². The third-order valence-electron chi connectivity index (χ3n) is 3.21. The summed E-state index contributed by atoms with van der Waals surface area (Å²) in [6.45, 7) is 4.51. The van der Waals surface area contributed by atoms with Crippen molar-refractivity contribution in [1.82, 2.24) is 15.2 Å². The minimum Gasteiger partial charge on any atom is -0.316 e. The van der Waals surface area contributed by atoms with Crippen molar-refractivity contribution >= 4 is 15.9 Å². The van der Waals surface area contributed by atoms with E-state index < -0.39 is 0 Å². The van der Waals surface area contributed by atoms with E-state index in [1.165, 1.54) is 38.0 Å². The Morgan fingerprint density at radius 3 is 3.06 bits per heavy atom. The Kier molecular flexibility index (Phi) is 4.95. The van der Waals surface area contributed by atoms with E-state index >= 15 is 0 Å². The summed E-state index contributed by atoms with van der Waals surface area (Å²) in [6, 6.07) is 4.14. The zero-order valence-corrected chi connectivity index (χ0v) is 11.9. The number of halogens is 1. The average Bonchev–Trinajstić information content (AvgIpc) is 2.33. The van der Waals surface area contributed by atoms with Crippen molar-refractivity contribution in [2.75, 3.05) is 26.7 Å². The molecule has 94 valence electrons. The van der Waals surface area contributed by atoms with Gasteiger partial charge < -0.3 is 10.2 Å². The third kappa shape index (κ3) is 4.37. The number of aromatic nitrogens is 1. The van der Waals surface area contributed by atoms with Gasteiger partial charge in [-0.15, -0.1) is 0 Å². The van der Waals surface area contributed by atoms with E-state index in [4.69, 9.17) is 0 Å². The van der Waals surface area contributed by atoms with Crippen LogP contribution in [0.2, 0.25) is 0 Å². The van der Waals surface area contributed by atoms with Crippen LogP contribution in [0.5, 0.6) is 0 Å². The largest absolute Gasteiger partial charge is 0.316 e. The predicted octanol–water partition coefficient (Wildman–Crippen LogP) is 2.28. The first-order valence-electron chi connectivity index (χ1n) is 6.24. The van der Waals surface area contributed by atoms with Crippen LogP contribution in [0.4, 0.5) is 0 Å². The van der Waals surface area contributed by atoms with Gasteiger partial charge in [-0.25, -0.2) is 4.98 Å². The SMILES string of the molecule is CN(Cc1ccc(Br)nc1)C[C@H]1CCCNC1. The molecule has 4 heteroatoms. The minimum atomic E-state index is 0.803. The maximum absolute atomic E-state index is 4.26. The van der Waals surface area contributed by atoms with E-state index in [-0.39, 0.29) is 0 Å². The normalized spacial score (nSPS) is 20.8. The molecule has 1 fully saturated rings. The molecule has 3 nitrogen and oxygen atoms in total. The number of hydrogen-bond acceptors (Lipinski definition) is 3. The maximum Gasteiger partial charge on any atom is 0.106 e. The van der Waals surface area contributed by atoms with Gasteiger partial charge in [0.15, 0.2) is 0 Å². The van der Waals surface area contributed by atoms with Gasteiger partial charge in [-0.1, -0.05) is 6.07 Å². The molecule has 0 radical (unpaired) electrons. The van der Waals surface area contributed by atoms with Gasteiger partial charge in [-0.05, 0) is 66.5 Å². The van der Waals surface area contributed by atoms with Crippen LogP contribution >= 0.6 is 15.9 Å². The molecule has 1 aromatic rings. The predicted molar refractivity (Wildman–Crippen MR) is 73.9 cm³/mol. The van der Waals surface area contributed by atoms with E-state index in [1.807, 2.05) is 12.3 Å². The van der Waals surface area contributed by atoms with Crippen LogP contribution in [-0.2, 0) is 6.54 Å². The Bertz CT molecular complexity index is 333. The second-order valence-electron chi connectivity index (χ2n) is 4.90. The molecule has 1 aliphatic rings. The van der Waals surface area contributed by atoms with Gasteiger partial charge in [0.2, 0.25) is 0 Å². The smallest absolute Gasteiger partial charge is 0.106 e. The lowest BCUT2D eigenvalue weighted by molar-refractivity contribution is 0.237. The first kappa shape index (κ1) is 13.0. The highest BCUT2D eigenvalue weighted by atomic mass is 79.9. The molecule has 17 heavy (non-hydrogen) atoms. The zero-order chi connectivity index (χ0) is 12.1. The second-order valence-corrected chi connectivity index (χ2v) is 5.71. The Balaban J connectivity index is 1.79. The molecule has 2 rings (SSSR count). The molecule has 1 aliphatic heterocycles. The number of rotatable bonds is 4. The van der Waals surface area contributed by atoms with Gasteiger partial charge in [0.25, 0.3) is 0 Å². The quantitative estimate of drug-likeness (QED) is 0.864. The fraction of sp³-hybridized carbons (Fsp3) is 0.615. The van der Waals surface area contributed by atoms with Gasteiger partial charge in [0.1, 0.15) is 4.60 Å². The molecule has 1 N–H and O–H groups in total. The van der Waals surface area contributed by atoms with Gasteiger partial charge in [-0.2, -0.15) is 0 Å². The highest BCUT2D eigenvalue weighted by Gasteiger charge is 2.14. The summed E-state index contributed by atoms with van der Waals surface area (Å²) in [5.41, 5.74) is 1.28. The summed E-state index contributed by atoms with van der Waals surface area (Å²) in [4.78, 5) is 6.65. The Morgan fingerprint density at radius 2 is 2.41 bits per heavy atom. The van der Waals surface area contributed by atoms with Crippen LogP contribution in [0.25, 0.3) is 0 Å². The van der Waals surface area contributed by atoms with Gasteiger partial charge >= 0.3 is 0 Å². The summed E-state index contributed by atoms with van der Waals surface area (Å²) in [7, 11) is 2.19. The monoisotopic (exact) mass is 297 g/mol. The Labute approximate surface area is 112 Å². The summed E-state index contributed by atoms with van der Waals surface area (Å²) >= 11 is 3.36. The lowest BCUT2D eigenvalue weighted by Crippen LogP contribution is -2.36. The highest BCUT2D eigenvalue weighted by Crippen LogP contribution is 2.13. The lowest BCUT2D eigenvalue weighted by Gasteiger charge is -2.27. The molecule has 0 aromatic carbocycles. The van der Waals surface area contributed by atoms with E-state index in [0.29, 0.717) is 0 Å². The standard InChI is InChI=1S/C13H20BrN3/c1-17(9-11-3-2-6-15-7-11)10-12-4-5-13(14)16-8-12/h4-5,8,11,15H,2-3,6-7,9-10H2,1H3/t11-/m0/s1. The van der Waals surface area contributed by atoms with Gasteiger partial charge in [0.05, 0.1) is 0 Å². The molecule has 0 saturated carbocycles. The number of pyridine rings is 1. The minimum absolute atomic E-state index is 0.803. The van der Waals surface area contributed by atoms with E-state index in [1.54, 1.807) is 0 Å². The van der Waals surface area contributed by atoms with Gasteiger partial charge in [0, 0.05) is 19.3 Å². The lowest BCUT2D eigenvalue weighted by atomic mass is 9.99. The van der Waals surface area contributed by atoms with Crippen molar-refractivity contribution in [2.24, 2.45) is 5.92 Å². The Morgan fingerprint density at radius 1 is 1.53 bits per heavy atom. The van der Waals surface area contributed by atoms with E-state index in [0.717, 1.165) is 17.1 Å². The maximum atomic E-state index is 4.26. The zero-order valence-electron chi connectivity index (χ0n) is 10.3. The second kappa shape index (κ2) is 6.47. The van der Waals surface area contributed by atoms with Crippen LogP contribution in [0.3, 0.4) is 0 Å². The number of piperidine rings is 1. The molecule has 0 unspecified atom stereocenters. The van der Waals surface area contributed by atoms with Crippen molar-refractivity contribution < 1.29 is 0 Å². The molecule has 1 saturated heterocycles. The first-order valence-corrected chi connectivity index (χ1v) is 7.03. The summed E-state index contributed by atoms with van der Waals surface area (Å²) in [6.07, 6.45) is 4.62. The fourth-order valence-corrected chi connectivity index (χ4v) is 2.63. The highest BCUT2D eigenvalue weighted by molar-refractivity contribution is 9.10. The molecule has 0 aliphatic carbocycles. The average molecular weight is 298 g/mol. The first-order chi connectivity index (χ1) is 8.24. The summed E-state index contributed by atoms with van der Waals surface area (Å²) < 4.78 is 0.903. The van der Waals surface area contributed by atoms with Gasteiger partial charge in [-0.3, -0.25) is 0 Å². The fourth-order valence-electron chi connectivity index (χ4n) is 2.40. The van der Waals surface area contributed by atoms with Crippen LogP contribution < -0.4 is 5.32 Å². The molecule has 0 spiro atoms. The molecular weight excluding hydrogens is 278 g/mol. The van der Waals surface area contributed by atoms with Crippen LogP contribution in [-0.4, -0.2) is 36.6 Å². The van der Waals surface area contributed by atoms with E-state index in [2.05, 4.69) is 44.2 Å². The molecule has 1 aromatic heterocycles. The van der Waals surface area contributed by atoms with Crippen molar-refractivity contribution in [2.45, 2.75) is 19.4 Å². The molecule has 0 amide bonds. The Hall–Kier alpha value is -0.450. The van der Waals surface area contributed by atoms with Crippen LogP contribution in [0, 0.1) is 5.92 Å². The van der Waals surface area contributed by atoms with Crippen molar-refractivity contribution in [1.29, 1.82) is 0 Å². The van der Waals surface area contributed by atoms with Crippen LogP contribution in [0.15, 0.2) is 22.9 Å². The van der Waals surface area contributed by atoms with Crippen molar-refractivity contribution in [3.05, 3.63) is 28.5 Å². The van der Waals surface area contributed by atoms with Crippen molar-refractivity contribution in [3.8, 4) is 0 Å². The molecule has 2 heterocycles. The molecule has 1 atom stereocenters. The number of nitrogens with one attached hydrogen (secondary N) is 1. The van der Waals surface area contributed by atoms with Crippen molar-refractivity contribution in [3.63, 3.8) is 0 Å². The molecule has 0 bridgehead atoms. The summed E-state index contributed by atoms with van der Waals surface area (Å²) in [5, 5.41) is 3.47.